The van der Waals surface area contributed by atoms with Crippen LogP contribution in [0.3, 0.4) is 0 Å². The summed E-state index contributed by atoms with van der Waals surface area (Å²) in [4.78, 5) is 4.45. The first kappa shape index (κ1) is 14.5. The highest BCUT2D eigenvalue weighted by atomic mass is 16.5. The lowest BCUT2D eigenvalue weighted by Crippen LogP contribution is -2.27. The summed E-state index contributed by atoms with van der Waals surface area (Å²) in [7, 11) is 0. The molecule has 0 aliphatic rings. The maximum absolute atomic E-state index is 5.59. The molecule has 0 saturated carbocycles. The lowest BCUT2D eigenvalue weighted by molar-refractivity contribution is 0.340. The number of likely N-dealkylation sites (N-methyl/N-ethyl adjacent to an activating group) is 1. The number of hydrogen-bond donors (Lipinski definition) is 1. The van der Waals surface area contributed by atoms with Gasteiger partial charge in [0.1, 0.15) is 5.75 Å². The summed E-state index contributed by atoms with van der Waals surface area (Å²) in [5, 5.41) is 7.37. The van der Waals surface area contributed by atoms with Crippen LogP contribution in [0, 0.1) is 0 Å². The molecule has 1 aromatic carbocycles. The van der Waals surface area contributed by atoms with Crippen LogP contribution in [0.15, 0.2) is 28.8 Å². The second-order valence-corrected chi connectivity index (χ2v) is 4.60. The van der Waals surface area contributed by atoms with Gasteiger partial charge in [0, 0.05) is 12.5 Å². The van der Waals surface area contributed by atoms with E-state index in [1.165, 1.54) is 0 Å². The SMILES string of the molecule is CCNC(C)Cc1nc(-c2ccccc2OCC)no1. The van der Waals surface area contributed by atoms with Gasteiger partial charge in [-0.3, -0.25) is 0 Å². The van der Waals surface area contributed by atoms with E-state index in [0.717, 1.165) is 24.3 Å². The Bertz CT molecular complexity index is 539. The Labute approximate surface area is 119 Å². The summed E-state index contributed by atoms with van der Waals surface area (Å²) >= 11 is 0. The zero-order valence-electron chi connectivity index (χ0n) is 12.2. The fourth-order valence-corrected chi connectivity index (χ4v) is 2.06. The van der Waals surface area contributed by atoms with Gasteiger partial charge < -0.3 is 14.6 Å². The monoisotopic (exact) mass is 275 g/mol. The highest BCUT2D eigenvalue weighted by Crippen LogP contribution is 2.27. The van der Waals surface area contributed by atoms with E-state index in [2.05, 4.69) is 29.3 Å². The molecule has 1 heterocycles. The molecule has 0 spiro atoms. The molecule has 1 unspecified atom stereocenters. The van der Waals surface area contributed by atoms with E-state index in [1.807, 2.05) is 31.2 Å². The van der Waals surface area contributed by atoms with Crippen molar-refractivity contribution in [1.29, 1.82) is 0 Å². The molecule has 2 aromatic rings. The molecule has 0 radical (unpaired) electrons. The maximum atomic E-state index is 5.59. The minimum Gasteiger partial charge on any atom is -0.493 e. The standard InChI is InChI=1S/C15H21N3O2/c1-4-16-11(3)10-14-17-15(18-20-14)12-8-6-7-9-13(12)19-5-2/h6-9,11,16H,4-5,10H2,1-3H3. The second-order valence-electron chi connectivity index (χ2n) is 4.60. The molecular weight excluding hydrogens is 254 g/mol. The lowest BCUT2D eigenvalue weighted by Gasteiger charge is -2.08. The largest absolute Gasteiger partial charge is 0.493 e. The van der Waals surface area contributed by atoms with Gasteiger partial charge in [0.15, 0.2) is 0 Å². The molecule has 20 heavy (non-hydrogen) atoms. The highest BCUT2D eigenvalue weighted by molar-refractivity contribution is 5.63. The molecule has 1 atom stereocenters. The second kappa shape index (κ2) is 7.05. The van der Waals surface area contributed by atoms with Crippen molar-refractivity contribution in [3.05, 3.63) is 30.2 Å². The van der Waals surface area contributed by atoms with Crippen molar-refractivity contribution in [3.63, 3.8) is 0 Å². The summed E-state index contributed by atoms with van der Waals surface area (Å²) in [6.45, 7) is 7.67. The van der Waals surface area contributed by atoms with Crippen LogP contribution in [0.2, 0.25) is 0 Å². The molecule has 0 saturated heterocycles. The number of ether oxygens (including phenoxy) is 1. The van der Waals surface area contributed by atoms with Gasteiger partial charge in [-0.05, 0) is 32.5 Å². The molecule has 0 aliphatic carbocycles. The molecule has 1 aromatic heterocycles. The van der Waals surface area contributed by atoms with E-state index in [4.69, 9.17) is 9.26 Å². The van der Waals surface area contributed by atoms with Gasteiger partial charge in [-0.2, -0.15) is 4.98 Å². The topological polar surface area (TPSA) is 60.2 Å². The number of nitrogens with zero attached hydrogens (tertiary/aromatic N) is 2. The minimum atomic E-state index is 0.315. The molecule has 0 aliphatic heterocycles. The van der Waals surface area contributed by atoms with Crippen molar-refractivity contribution in [3.8, 4) is 17.1 Å². The fraction of sp³-hybridized carbons (Fsp3) is 0.467. The van der Waals surface area contributed by atoms with Crippen LogP contribution in [0.4, 0.5) is 0 Å². The molecule has 5 nitrogen and oxygen atoms in total. The van der Waals surface area contributed by atoms with E-state index in [-0.39, 0.29) is 0 Å². The van der Waals surface area contributed by atoms with Gasteiger partial charge in [-0.25, -0.2) is 0 Å². The summed E-state index contributed by atoms with van der Waals surface area (Å²) in [5.74, 6) is 1.99. The van der Waals surface area contributed by atoms with E-state index in [1.54, 1.807) is 0 Å². The predicted octanol–water partition coefficient (Wildman–Crippen LogP) is 2.68. The summed E-state index contributed by atoms with van der Waals surface area (Å²) in [5.41, 5.74) is 0.862. The van der Waals surface area contributed by atoms with Gasteiger partial charge in [0.05, 0.1) is 12.2 Å². The van der Waals surface area contributed by atoms with E-state index >= 15 is 0 Å². The third-order valence-electron chi connectivity index (χ3n) is 2.93. The number of rotatable bonds is 7. The number of aromatic nitrogens is 2. The quantitative estimate of drug-likeness (QED) is 0.841. The third-order valence-corrected chi connectivity index (χ3v) is 2.93. The Morgan fingerprint density at radius 2 is 2.10 bits per heavy atom. The lowest BCUT2D eigenvalue weighted by atomic mass is 10.2. The van der Waals surface area contributed by atoms with E-state index in [0.29, 0.717) is 24.4 Å². The first-order chi connectivity index (χ1) is 9.74. The highest BCUT2D eigenvalue weighted by Gasteiger charge is 2.14. The summed E-state index contributed by atoms with van der Waals surface area (Å²) in [6.07, 6.45) is 0.720. The molecular formula is C15H21N3O2. The van der Waals surface area contributed by atoms with Gasteiger partial charge in [0.2, 0.25) is 11.7 Å². The van der Waals surface area contributed by atoms with Crippen LogP contribution in [-0.2, 0) is 6.42 Å². The normalized spacial score (nSPS) is 12.3. The van der Waals surface area contributed by atoms with Gasteiger partial charge in [0.25, 0.3) is 0 Å². The zero-order chi connectivity index (χ0) is 14.4. The summed E-state index contributed by atoms with van der Waals surface area (Å²) in [6, 6.07) is 8.04. The van der Waals surface area contributed by atoms with Crippen LogP contribution >= 0.6 is 0 Å². The molecule has 5 heteroatoms. The smallest absolute Gasteiger partial charge is 0.228 e. The Kier molecular flexibility index (Phi) is 5.12. The van der Waals surface area contributed by atoms with Crippen molar-refractivity contribution in [2.75, 3.05) is 13.2 Å². The predicted molar refractivity (Wildman–Crippen MR) is 77.7 cm³/mol. The minimum absolute atomic E-state index is 0.315. The molecule has 2 rings (SSSR count). The molecule has 0 bridgehead atoms. The Morgan fingerprint density at radius 3 is 2.85 bits per heavy atom. The fourth-order valence-electron chi connectivity index (χ4n) is 2.06. The Balaban J connectivity index is 2.16. The van der Waals surface area contributed by atoms with Crippen molar-refractivity contribution < 1.29 is 9.26 Å². The average Bonchev–Trinajstić information content (AvgIpc) is 2.88. The number of hydrogen-bond acceptors (Lipinski definition) is 5. The molecule has 108 valence electrons. The van der Waals surface area contributed by atoms with E-state index in [9.17, 15) is 0 Å². The molecule has 0 fully saturated rings. The summed E-state index contributed by atoms with van der Waals surface area (Å²) < 4.78 is 10.9. The van der Waals surface area contributed by atoms with Crippen molar-refractivity contribution in [2.24, 2.45) is 0 Å². The van der Waals surface area contributed by atoms with Gasteiger partial charge in [-0.15, -0.1) is 0 Å². The van der Waals surface area contributed by atoms with Crippen LogP contribution in [0.5, 0.6) is 5.75 Å². The number of nitrogens with one attached hydrogen (secondary N) is 1. The average molecular weight is 275 g/mol. The van der Waals surface area contributed by atoms with Crippen LogP contribution in [-0.4, -0.2) is 29.3 Å². The van der Waals surface area contributed by atoms with Crippen molar-refractivity contribution in [2.45, 2.75) is 33.2 Å². The van der Waals surface area contributed by atoms with Crippen LogP contribution in [0.25, 0.3) is 11.4 Å². The Hall–Kier alpha value is -1.88. The van der Waals surface area contributed by atoms with Crippen molar-refractivity contribution >= 4 is 0 Å². The zero-order valence-corrected chi connectivity index (χ0v) is 12.2. The van der Waals surface area contributed by atoms with Gasteiger partial charge >= 0.3 is 0 Å². The van der Waals surface area contributed by atoms with Crippen LogP contribution < -0.4 is 10.1 Å². The molecule has 0 amide bonds. The van der Waals surface area contributed by atoms with E-state index < -0.39 is 0 Å². The molecule has 1 N–H and O–H groups in total. The van der Waals surface area contributed by atoms with Crippen molar-refractivity contribution in [1.82, 2.24) is 15.5 Å². The first-order valence-electron chi connectivity index (χ1n) is 7.02. The number of para-hydroxylation sites is 1. The van der Waals surface area contributed by atoms with Gasteiger partial charge in [-0.1, -0.05) is 24.2 Å². The third kappa shape index (κ3) is 3.57. The first-order valence-corrected chi connectivity index (χ1v) is 7.02. The number of benzene rings is 1. The van der Waals surface area contributed by atoms with Crippen LogP contribution in [0.1, 0.15) is 26.7 Å². The Morgan fingerprint density at radius 1 is 1.30 bits per heavy atom. The maximum Gasteiger partial charge on any atom is 0.228 e.